The van der Waals surface area contributed by atoms with Crippen LogP contribution >= 0.6 is 11.3 Å². The highest BCUT2D eigenvalue weighted by Crippen LogP contribution is 2.26. The second-order valence-electron chi connectivity index (χ2n) is 5.24. The Morgan fingerprint density at radius 3 is 2.44 bits per heavy atom. The van der Waals surface area contributed by atoms with Gasteiger partial charge in [-0.2, -0.15) is 0 Å². The smallest absolute Gasteiger partial charge is 0.00539 e. The molecule has 0 spiro atoms. The van der Waals surface area contributed by atoms with Crippen LogP contribution in [0.25, 0.3) is 0 Å². The lowest BCUT2D eigenvalue weighted by atomic mass is 9.88. The van der Waals surface area contributed by atoms with Crippen LogP contribution < -0.4 is 5.32 Å². The third-order valence-corrected chi connectivity index (χ3v) is 3.98. The first-order valence-corrected chi connectivity index (χ1v) is 7.17. The number of hydrogen-bond acceptors (Lipinski definition) is 2. The maximum atomic E-state index is 3.52. The fraction of sp³-hybridized carbons (Fsp3) is 0.714. The van der Waals surface area contributed by atoms with Gasteiger partial charge in [0.1, 0.15) is 0 Å². The number of rotatable bonds is 7. The first-order valence-electron chi connectivity index (χ1n) is 6.35. The molecule has 1 N–H and O–H groups in total. The molecule has 0 aliphatic carbocycles. The highest BCUT2D eigenvalue weighted by Gasteiger charge is 2.18. The quantitative estimate of drug-likeness (QED) is 0.712. The number of aryl methyl sites for hydroxylation is 1. The van der Waals surface area contributed by atoms with Crippen LogP contribution in [-0.4, -0.2) is 13.1 Å². The van der Waals surface area contributed by atoms with Crippen molar-refractivity contribution in [1.29, 1.82) is 0 Å². The zero-order chi connectivity index (χ0) is 12.0. The Kier molecular flexibility index (Phi) is 5.50. The second kappa shape index (κ2) is 6.41. The summed E-state index contributed by atoms with van der Waals surface area (Å²) in [6.07, 6.45) is 3.57. The largest absolute Gasteiger partial charge is 0.316 e. The van der Waals surface area contributed by atoms with Crippen LogP contribution in [-0.2, 0) is 12.8 Å². The number of thiophene rings is 1. The summed E-state index contributed by atoms with van der Waals surface area (Å²) in [6, 6.07) is 4.57. The molecule has 0 unspecified atom stereocenters. The van der Waals surface area contributed by atoms with Gasteiger partial charge in [-0.15, -0.1) is 11.3 Å². The summed E-state index contributed by atoms with van der Waals surface area (Å²) in [5.41, 5.74) is 0.366. The van der Waals surface area contributed by atoms with Crippen LogP contribution in [0.4, 0.5) is 0 Å². The molecule has 0 saturated carbocycles. The van der Waals surface area contributed by atoms with E-state index in [1.165, 1.54) is 29.0 Å². The van der Waals surface area contributed by atoms with Crippen molar-refractivity contribution >= 4 is 11.3 Å². The molecule has 0 saturated heterocycles. The highest BCUT2D eigenvalue weighted by atomic mass is 32.1. The maximum Gasteiger partial charge on any atom is 0.00539 e. The molecule has 0 atom stereocenters. The van der Waals surface area contributed by atoms with Gasteiger partial charge in [-0.05, 0) is 43.4 Å². The molecule has 2 heteroatoms. The van der Waals surface area contributed by atoms with E-state index >= 15 is 0 Å². The number of hydrogen-bond donors (Lipinski definition) is 1. The Hall–Kier alpha value is -0.340. The number of nitrogens with one attached hydrogen (secondary N) is 1. The molecule has 0 radical (unpaired) electrons. The topological polar surface area (TPSA) is 12.0 Å². The van der Waals surface area contributed by atoms with E-state index in [1.54, 1.807) is 0 Å². The minimum Gasteiger partial charge on any atom is -0.316 e. The normalized spacial score (nSPS) is 12.0. The summed E-state index contributed by atoms with van der Waals surface area (Å²) in [4.78, 5) is 3.03. The zero-order valence-corrected chi connectivity index (χ0v) is 11.9. The molecular weight excluding hydrogens is 214 g/mol. The lowest BCUT2D eigenvalue weighted by Gasteiger charge is -2.24. The Morgan fingerprint density at radius 2 is 1.88 bits per heavy atom. The molecule has 1 aromatic heterocycles. The third-order valence-electron chi connectivity index (χ3n) is 2.75. The average Bonchev–Trinajstić information content (AvgIpc) is 2.65. The van der Waals surface area contributed by atoms with Gasteiger partial charge in [-0.3, -0.25) is 0 Å². The van der Waals surface area contributed by atoms with Crippen LogP contribution in [0.5, 0.6) is 0 Å². The average molecular weight is 239 g/mol. The van der Waals surface area contributed by atoms with E-state index < -0.39 is 0 Å². The monoisotopic (exact) mass is 239 g/mol. The van der Waals surface area contributed by atoms with Gasteiger partial charge < -0.3 is 5.32 Å². The minimum absolute atomic E-state index is 0.366. The van der Waals surface area contributed by atoms with Crippen molar-refractivity contribution in [2.24, 2.45) is 5.41 Å². The van der Waals surface area contributed by atoms with Gasteiger partial charge in [0.2, 0.25) is 0 Å². The van der Waals surface area contributed by atoms with Crippen molar-refractivity contribution in [3.63, 3.8) is 0 Å². The van der Waals surface area contributed by atoms with Crippen molar-refractivity contribution in [2.75, 3.05) is 13.1 Å². The lowest BCUT2D eigenvalue weighted by molar-refractivity contribution is 0.341. The van der Waals surface area contributed by atoms with Crippen molar-refractivity contribution < 1.29 is 0 Å². The fourth-order valence-corrected chi connectivity index (χ4v) is 3.06. The molecule has 1 nitrogen and oxygen atoms in total. The second-order valence-corrected chi connectivity index (χ2v) is 6.49. The maximum absolute atomic E-state index is 3.52. The summed E-state index contributed by atoms with van der Waals surface area (Å²) < 4.78 is 0. The molecule has 0 bridgehead atoms. The van der Waals surface area contributed by atoms with Crippen LogP contribution in [0.1, 0.15) is 43.9 Å². The van der Waals surface area contributed by atoms with E-state index in [1.807, 2.05) is 11.3 Å². The van der Waals surface area contributed by atoms with E-state index in [-0.39, 0.29) is 0 Å². The van der Waals surface area contributed by atoms with E-state index in [0.29, 0.717) is 5.41 Å². The van der Waals surface area contributed by atoms with Gasteiger partial charge >= 0.3 is 0 Å². The van der Waals surface area contributed by atoms with Crippen molar-refractivity contribution in [3.05, 3.63) is 21.9 Å². The SMILES string of the molecule is CCCNCC(C)(C)Cc1ccc(CC)s1. The molecular formula is C14H25NS. The summed E-state index contributed by atoms with van der Waals surface area (Å²) >= 11 is 1.97. The standard InChI is InChI=1S/C14H25NS/c1-5-9-15-11-14(3,4)10-13-8-7-12(6-2)16-13/h7-8,15H,5-6,9-11H2,1-4H3. The lowest BCUT2D eigenvalue weighted by Crippen LogP contribution is -2.31. The van der Waals surface area contributed by atoms with Crippen molar-refractivity contribution in [2.45, 2.75) is 47.0 Å². The first-order chi connectivity index (χ1) is 7.57. The molecule has 1 aromatic rings. The fourth-order valence-electron chi connectivity index (χ4n) is 1.85. The van der Waals surface area contributed by atoms with Crippen molar-refractivity contribution in [3.8, 4) is 0 Å². The van der Waals surface area contributed by atoms with Gasteiger partial charge in [0.25, 0.3) is 0 Å². The first kappa shape index (κ1) is 13.7. The van der Waals surface area contributed by atoms with Crippen LogP contribution in [0.2, 0.25) is 0 Å². The van der Waals surface area contributed by atoms with Crippen LogP contribution in [0.15, 0.2) is 12.1 Å². The molecule has 0 amide bonds. The highest BCUT2D eigenvalue weighted by molar-refractivity contribution is 7.11. The van der Waals surface area contributed by atoms with Gasteiger partial charge in [0, 0.05) is 16.3 Å². The molecule has 16 heavy (non-hydrogen) atoms. The predicted octanol–water partition coefficient (Wildman–Crippen LogP) is 3.88. The molecule has 0 aliphatic heterocycles. The van der Waals surface area contributed by atoms with Crippen LogP contribution in [0.3, 0.4) is 0 Å². The van der Waals surface area contributed by atoms with Crippen LogP contribution in [0, 0.1) is 5.41 Å². The van der Waals surface area contributed by atoms with Gasteiger partial charge in [0.05, 0.1) is 0 Å². The van der Waals surface area contributed by atoms with E-state index in [0.717, 1.165) is 13.1 Å². The molecule has 92 valence electrons. The Balaban J connectivity index is 2.44. The summed E-state index contributed by atoms with van der Waals surface area (Å²) in [5.74, 6) is 0. The van der Waals surface area contributed by atoms with E-state index in [4.69, 9.17) is 0 Å². The Morgan fingerprint density at radius 1 is 1.19 bits per heavy atom. The zero-order valence-electron chi connectivity index (χ0n) is 11.1. The van der Waals surface area contributed by atoms with E-state index in [2.05, 4.69) is 45.1 Å². The third kappa shape index (κ3) is 4.67. The Labute approximate surface area is 104 Å². The molecule has 1 rings (SSSR count). The van der Waals surface area contributed by atoms with Gasteiger partial charge in [-0.25, -0.2) is 0 Å². The molecule has 0 aromatic carbocycles. The summed E-state index contributed by atoms with van der Waals surface area (Å²) in [6.45, 7) is 11.4. The van der Waals surface area contributed by atoms with Gasteiger partial charge in [-0.1, -0.05) is 27.7 Å². The summed E-state index contributed by atoms with van der Waals surface area (Å²) in [5, 5.41) is 3.52. The van der Waals surface area contributed by atoms with Crippen molar-refractivity contribution in [1.82, 2.24) is 5.32 Å². The van der Waals surface area contributed by atoms with E-state index in [9.17, 15) is 0 Å². The summed E-state index contributed by atoms with van der Waals surface area (Å²) in [7, 11) is 0. The molecule has 0 fully saturated rings. The molecule has 1 heterocycles. The Bertz CT molecular complexity index is 301. The minimum atomic E-state index is 0.366. The van der Waals surface area contributed by atoms with Gasteiger partial charge in [0.15, 0.2) is 0 Å². The molecule has 0 aliphatic rings. The predicted molar refractivity (Wildman–Crippen MR) is 74.3 cm³/mol.